The van der Waals surface area contributed by atoms with Crippen LogP contribution < -0.4 is 0 Å². The van der Waals surface area contributed by atoms with Crippen molar-refractivity contribution in [3.63, 3.8) is 0 Å². The highest BCUT2D eigenvalue weighted by Crippen LogP contribution is 2.51. The highest BCUT2D eigenvalue weighted by atomic mass is 16.6. The molecule has 0 radical (unpaired) electrons. The molecule has 0 bridgehead atoms. The molecule has 0 aromatic heterocycles. The van der Waals surface area contributed by atoms with Gasteiger partial charge in [0.25, 0.3) is 0 Å². The van der Waals surface area contributed by atoms with E-state index in [1.807, 2.05) is 6.92 Å². The number of hydrogen-bond donors (Lipinski definition) is 0. The number of allylic oxidation sites excluding steroid dienone is 2. The van der Waals surface area contributed by atoms with Gasteiger partial charge in [0, 0.05) is 5.92 Å². The number of hydrogen-bond acceptors (Lipinski definition) is 5. The van der Waals surface area contributed by atoms with Crippen LogP contribution in [0.4, 0.5) is 0 Å². The smallest absolute Gasteiger partial charge is 0.362 e. The van der Waals surface area contributed by atoms with Crippen molar-refractivity contribution in [2.75, 3.05) is 14.2 Å². The lowest BCUT2D eigenvalue weighted by molar-refractivity contribution is -0.186. The average molecular weight is 308 g/mol. The minimum Gasteiger partial charge on any atom is -0.472 e. The summed E-state index contributed by atoms with van der Waals surface area (Å²) in [6.45, 7) is 6.34. The van der Waals surface area contributed by atoms with E-state index in [1.54, 1.807) is 6.08 Å². The number of ether oxygens (including phenoxy) is 3. The first kappa shape index (κ1) is 16.6. The normalized spacial score (nSPS) is 28.5. The Hall–Kier alpha value is -1.78. The van der Waals surface area contributed by atoms with Crippen LogP contribution in [0.15, 0.2) is 24.0 Å². The van der Waals surface area contributed by atoms with Gasteiger partial charge in [0.05, 0.1) is 20.5 Å². The fraction of sp³-hybridized carbons (Fsp3) is 0.647. The van der Waals surface area contributed by atoms with Gasteiger partial charge in [0.2, 0.25) is 0 Å². The molecule has 0 saturated heterocycles. The Labute approximate surface area is 131 Å². The summed E-state index contributed by atoms with van der Waals surface area (Å²) >= 11 is 0. The van der Waals surface area contributed by atoms with Gasteiger partial charge in [-0.15, -0.1) is 0 Å². The van der Waals surface area contributed by atoms with E-state index >= 15 is 0 Å². The summed E-state index contributed by atoms with van der Waals surface area (Å²) in [5, 5.41) is 0. The minimum absolute atomic E-state index is 0.00167. The summed E-state index contributed by atoms with van der Waals surface area (Å²) in [6, 6.07) is 0. The van der Waals surface area contributed by atoms with Crippen LogP contribution in [0.2, 0.25) is 0 Å². The molecule has 0 fully saturated rings. The molecule has 5 nitrogen and oxygen atoms in total. The summed E-state index contributed by atoms with van der Waals surface area (Å²) in [7, 11) is 2.50. The van der Waals surface area contributed by atoms with Gasteiger partial charge in [-0.05, 0) is 37.2 Å². The van der Waals surface area contributed by atoms with Crippen molar-refractivity contribution in [1.82, 2.24) is 0 Å². The fourth-order valence-electron chi connectivity index (χ4n) is 3.89. The second-order valence-electron chi connectivity index (χ2n) is 6.64. The van der Waals surface area contributed by atoms with E-state index in [4.69, 9.17) is 14.2 Å². The molecule has 2 atom stereocenters. The maximum atomic E-state index is 12.4. The van der Waals surface area contributed by atoms with Crippen molar-refractivity contribution in [1.29, 1.82) is 0 Å². The van der Waals surface area contributed by atoms with Gasteiger partial charge in [-0.1, -0.05) is 25.5 Å². The molecule has 0 N–H and O–H groups in total. The summed E-state index contributed by atoms with van der Waals surface area (Å²) in [5.74, 6) is -1.89. The van der Waals surface area contributed by atoms with Crippen molar-refractivity contribution < 1.29 is 23.8 Å². The highest BCUT2D eigenvalue weighted by molar-refractivity contribution is 6.05. The zero-order chi connectivity index (χ0) is 16.5. The Morgan fingerprint density at radius 2 is 1.82 bits per heavy atom. The van der Waals surface area contributed by atoms with Gasteiger partial charge in [0.15, 0.2) is 0 Å². The number of esters is 2. The van der Waals surface area contributed by atoms with E-state index < -0.39 is 23.5 Å². The van der Waals surface area contributed by atoms with Gasteiger partial charge in [0.1, 0.15) is 0 Å². The van der Waals surface area contributed by atoms with Crippen molar-refractivity contribution in [2.24, 2.45) is 17.3 Å². The van der Waals surface area contributed by atoms with Crippen LogP contribution in [-0.4, -0.2) is 31.8 Å². The summed E-state index contributed by atoms with van der Waals surface area (Å²) in [5.41, 5.74) is -0.652. The van der Waals surface area contributed by atoms with Gasteiger partial charge in [-0.2, -0.15) is 0 Å². The van der Waals surface area contributed by atoms with Crippen LogP contribution in [0.5, 0.6) is 0 Å². The fourth-order valence-corrected chi connectivity index (χ4v) is 3.89. The van der Waals surface area contributed by atoms with E-state index in [-0.39, 0.29) is 11.3 Å². The molecule has 122 valence electrons. The predicted molar refractivity (Wildman–Crippen MR) is 80.7 cm³/mol. The lowest BCUT2D eigenvalue weighted by Gasteiger charge is -2.44. The van der Waals surface area contributed by atoms with Crippen molar-refractivity contribution in [3.8, 4) is 0 Å². The molecule has 22 heavy (non-hydrogen) atoms. The molecule has 1 heterocycles. The zero-order valence-corrected chi connectivity index (χ0v) is 13.8. The van der Waals surface area contributed by atoms with Gasteiger partial charge < -0.3 is 14.2 Å². The molecule has 0 saturated carbocycles. The Bertz CT molecular complexity index is 513. The largest absolute Gasteiger partial charge is 0.472 e. The van der Waals surface area contributed by atoms with E-state index in [1.165, 1.54) is 20.5 Å². The average Bonchev–Trinajstić information content (AvgIpc) is 2.90. The van der Waals surface area contributed by atoms with Gasteiger partial charge in [-0.3, -0.25) is 0 Å². The maximum absolute atomic E-state index is 12.4. The minimum atomic E-state index is -1.75. The van der Waals surface area contributed by atoms with Crippen LogP contribution in [0.25, 0.3) is 0 Å². The third-order valence-electron chi connectivity index (χ3n) is 4.93. The topological polar surface area (TPSA) is 61.8 Å². The Kier molecular flexibility index (Phi) is 4.36. The molecule has 0 spiro atoms. The van der Waals surface area contributed by atoms with E-state index in [0.29, 0.717) is 0 Å². The second-order valence-corrected chi connectivity index (χ2v) is 6.64. The van der Waals surface area contributed by atoms with Crippen molar-refractivity contribution in [3.05, 3.63) is 24.0 Å². The standard InChI is InChI=1S/C17H24O5/c1-11-7-6-9-16(2,3)13(11)12-8-10-22-17(12,14(18)20-4)15(19)21-5/h7-8,10,12-13H,6,9H2,1-5H3. The Morgan fingerprint density at radius 3 is 2.32 bits per heavy atom. The Balaban J connectivity index is 2.53. The molecule has 2 aliphatic rings. The number of rotatable bonds is 3. The molecule has 0 aromatic carbocycles. The first-order valence-electron chi connectivity index (χ1n) is 7.49. The molecule has 5 heteroatoms. The lowest BCUT2D eigenvalue weighted by Crippen LogP contribution is -2.57. The zero-order valence-electron chi connectivity index (χ0n) is 13.8. The summed E-state index contributed by atoms with van der Waals surface area (Å²) < 4.78 is 15.2. The van der Waals surface area contributed by atoms with Crippen LogP contribution in [-0.2, 0) is 23.8 Å². The third-order valence-corrected chi connectivity index (χ3v) is 4.93. The lowest BCUT2D eigenvalue weighted by atomic mass is 9.60. The SMILES string of the molecule is COC(=O)C1(C(=O)OC)OC=CC1C1C(C)=CCCC1(C)C. The van der Waals surface area contributed by atoms with Crippen LogP contribution in [0.3, 0.4) is 0 Å². The summed E-state index contributed by atoms with van der Waals surface area (Å²) in [4.78, 5) is 24.8. The molecular weight excluding hydrogens is 284 g/mol. The predicted octanol–water partition coefficient (Wildman–Crippen LogP) is 2.61. The first-order chi connectivity index (χ1) is 10.3. The van der Waals surface area contributed by atoms with Crippen LogP contribution in [0, 0.1) is 17.3 Å². The van der Waals surface area contributed by atoms with E-state index in [0.717, 1.165) is 18.4 Å². The van der Waals surface area contributed by atoms with E-state index in [2.05, 4.69) is 19.9 Å². The van der Waals surface area contributed by atoms with Crippen LogP contribution in [0.1, 0.15) is 33.6 Å². The third kappa shape index (κ3) is 2.32. The quantitative estimate of drug-likeness (QED) is 0.455. The number of carbonyl (C=O) groups is 2. The maximum Gasteiger partial charge on any atom is 0.362 e. The molecule has 1 aliphatic heterocycles. The molecule has 2 rings (SSSR count). The summed E-state index contributed by atoms with van der Waals surface area (Å²) in [6.07, 6.45) is 7.34. The molecule has 1 aliphatic carbocycles. The second kappa shape index (κ2) is 5.78. The van der Waals surface area contributed by atoms with Crippen molar-refractivity contribution in [2.45, 2.75) is 39.2 Å². The first-order valence-corrected chi connectivity index (χ1v) is 7.49. The molecule has 0 amide bonds. The van der Waals surface area contributed by atoms with Crippen molar-refractivity contribution >= 4 is 11.9 Å². The van der Waals surface area contributed by atoms with Crippen LogP contribution >= 0.6 is 0 Å². The monoisotopic (exact) mass is 308 g/mol. The number of carbonyl (C=O) groups excluding carboxylic acids is 2. The molecule has 2 unspecified atom stereocenters. The van der Waals surface area contributed by atoms with E-state index in [9.17, 15) is 9.59 Å². The number of methoxy groups -OCH3 is 2. The molecular formula is C17H24O5. The molecule has 0 aromatic rings. The highest BCUT2D eigenvalue weighted by Gasteiger charge is 2.62. The van der Waals surface area contributed by atoms with Gasteiger partial charge in [-0.25, -0.2) is 9.59 Å². The Morgan fingerprint density at radius 1 is 1.23 bits per heavy atom. The van der Waals surface area contributed by atoms with Gasteiger partial charge >= 0.3 is 17.5 Å².